The van der Waals surface area contributed by atoms with Gasteiger partial charge in [0.1, 0.15) is 0 Å². The molecular weight excluding hydrogens is 410 g/mol. The number of nitrogens with one attached hydrogen (secondary N) is 2. The van der Waals surface area contributed by atoms with E-state index in [2.05, 4.69) is 31.5 Å². The summed E-state index contributed by atoms with van der Waals surface area (Å²) >= 11 is 3.36. The second-order valence-corrected chi connectivity index (χ2v) is 7.14. The molecule has 0 bridgehead atoms. The number of benzene rings is 2. The summed E-state index contributed by atoms with van der Waals surface area (Å²) < 4.78 is 6.14. The Morgan fingerprint density at radius 3 is 2.59 bits per heavy atom. The average Bonchev–Trinajstić information content (AvgIpc) is 2.69. The van der Waals surface area contributed by atoms with Crippen molar-refractivity contribution in [2.75, 3.05) is 44.7 Å². The Morgan fingerprint density at radius 2 is 1.81 bits per heavy atom. The first-order valence-corrected chi connectivity index (χ1v) is 9.67. The van der Waals surface area contributed by atoms with Gasteiger partial charge in [0, 0.05) is 36.2 Å². The van der Waals surface area contributed by atoms with Gasteiger partial charge in [-0.15, -0.1) is 0 Å². The number of morpholine rings is 1. The molecule has 142 valence electrons. The Labute approximate surface area is 167 Å². The standard InChI is InChI=1S/C20H22BrN3O3/c21-16-5-3-4-15(14-16)19(25)23-18-7-2-1-6-17(18)20(26)22-8-9-24-10-12-27-13-11-24/h1-7,14H,8-13H2,(H,22,26)(H,23,25). The maximum atomic E-state index is 12.6. The Bertz CT molecular complexity index is 807. The first kappa shape index (κ1) is 19.5. The van der Waals surface area contributed by atoms with E-state index in [0.717, 1.165) is 37.3 Å². The van der Waals surface area contributed by atoms with Crippen LogP contribution in [0.3, 0.4) is 0 Å². The molecule has 1 aliphatic heterocycles. The van der Waals surface area contributed by atoms with E-state index in [1.54, 1.807) is 42.5 Å². The third-order valence-electron chi connectivity index (χ3n) is 4.32. The molecular formula is C20H22BrN3O3. The average molecular weight is 432 g/mol. The van der Waals surface area contributed by atoms with E-state index >= 15 is 0 Å². The van der Waals surface area contributed by atoms with Crippen LogP contribution in [0.1, 0.15) is 20.7 Å². The highest BCUT2D eigenvalue weighted by Crippen LogP contribution is 2.18. The summed E-state index contributed by atoms with van der Waals surface area (Å²) in [5.41, 5.74) is 1.46. The zero-order valence-corrected chi connectivity index (χ0v) is 16.5. The van der Waals surface area contributed by atoms with E-state index in [0.29, 0.717) is 23.4 Å². The van der Waals surface area contributed by atoms with Crippen molar-refractivity contribution in [3.63, 3.8) is 0 Å². The number of nitrogens with zero attached hydrogens (tertiary/aromatic N) is 1. The van der Waals surface area contributed by atoms with Crippen LogP contribution in [-0.4, -0.2) is 56.1 Å². The van der Waals surface area contributed by atoms with Crippen molar-refractivity contribution in [2.45, 2.75) is 0 Å². The molecule has 2 aromatic rings. The van der Waals surface area contributed by atoms with Crippen LogP contribution >= 0.6 is 15.9 Å². The summed E-state index contributed by atoms with van der Waals surface area (Å²) in [6.07, 6.45) is 0. The Balaban J connectivity index is 1.60. The lowest BCUT2D eigenvalue weighted by molar-refractivity contribution is 0.0383. The molecule has 0 aromatic heterocycles. The fourth-order valence-corrected chi connectivity index (χ4v) is 3.26. The second-order valence-electron chi connectivity index (χ2n) is 6.22. The molecule has 27 heavy (non-hydrogen) atoms. The summed E-state index contributed by atoms with van der Waals surface area (Å²) in [5, 5.41) is 5.76. The molecule has 3 rings (SSSR count). The van der Waals surface area contributed by atoms with Crippen LogP contribution in [0, 0.1) is 0 Å². The van der Waals surface area contributed by atoms with Gasteiger partial charge in [-0.3, -0.25) is 14.5 Å². The van der Waals surface area contributed by atoms with Gasteiger partial charge >= 0.3 is 0 Å². The predicted molar refractivity (Wildman–Crippen MR) is 108 cm³/mol. The summed E-state index contributed by atoms with van der Waals surface area (Å²) in [6.45, 7) is 4.57. The molecule has 0 aliphatic carbocycles. The quantitative estimate of drug-likeness (QED) is 0.737. The third kappa shape index (κ3) is 5.63. The van der Waals surface area contributed by atoms with Crippen LogP contribution in [0.25, 0.3) is 0 Å². The molecule has 2 amide bonds. The zero-order chi connectivity index (χ0) is 19.1. The SMILES string of the molecule is O=C(Nc1ccccc1C(=O)NCCN1CCOCC1)c1cccc(Br)c1. The molecule has 0 spiro atoms. The third-order valence-corrected chi connectivity index (χ3v) is 4.82. The van der Waals surface area contributed by atoms with Crippen molar-refractivity contribution in [3.8, 4) is 0 Å². The minimum atomic E-state index is -0.259. The minimum absolute atomic E-state index is 0.201. The summed E-state index contributed by atoms with van der Waals surface area (Å²) in [6, 6.07) is 14.1. The first-order chi connectivity index (χ1) is 13.1. The van der Waals surface area contributed by atoms with Crippen molar-refractivity contribution >= 4 is 33.4 Å². The van der Waals surface area contributed by atoms with Crippen LogP contribution in [0.4, 0.5) is 5.69 Å². The number of carbonyl (C=O) groups is 2. The normalized spacial score (nSPS) is 14.6. The molecule has 7 heteroatoms. The molecule has 1 aliphatic rings. The summed E-state index contributed by atoms with van der Waals surface area (Å²) in [5.74, 6) is -0.460. The fraction of sp³-hybridized carbons (Fsp3) is 0.300. The number of rotatable bonds is 6. The van der Waals surface area contributed by atoms with Gasteiger partial charge in [0.25, 0.3) is 11.8 Å². The van der Waals surface area contributed by atoms with Gasteiger partial charge in [0.05, 0.1) is 24.5 Å². The zero-order valence-electron chi connectivity index (χ0n) is 14.9. The maximum absolute atomic E-state index is 12.6. The highest BCUT2D eigenvalue weighted by molar-refractivity contribution is 9.10. The minimum Gasteiger partial charge on any atom is -0.379 e. The fourth-order valence-electron chi connectivity index (χ4n) is 2.86. The number of amides is 2. The number of carbonyl (C=O) groups excluding carboxylic acids is 2. The smallest absolute Gasteiger partial charge is 0.255 e. The number of anilines is 1. The first-order valence-electron chi connectivity index (χ1n) is 8.88. The number of hydrogen-bond acceptors (Lipinski definition) is 4. The highest BCUT2D eigenvalue weighted by atomic mass is 79.9. The van der Waals surface area contributed by atoms with Crippen LogP contribution < -0.4 is 10.6 Å². The van der Waals surface area contributed by atoms with E-state index in [4.69, 9.17) is 4.74 Å². The van der Waals surface area contributed by atoms with Gasteiger partial charge in [-0.25, -0.2) is 0 Å². The Kier molecular flexibility index (Phi) is 6.98. The van der Waals surface area contributed by atoms with Crippen molar-refractivity contribution in [2.24, 2.45) is 0 Å². The molecule has 2 N–H and O–H groups in total. The molecule has 1 saturated heterocycles. The van der Waals surface area contributed by atoms with Gasteiger partial charge in [0.2, 0.25) is 0 Å². The second kappa shape index (κ2) is 9.64. The van der Waals surface area contributed by atoms with E-state index in [9.17, 15) is 9.59 Å². The largest absolute Gasteiger partial charge is 0.379 e. The van der Waals surface area contributed by atoms with Crippen LogP contribution in [-0.2, 0) is 4.74 Å². The monoisotopic (exact) mass is 431 g/mol. The number of para-hydroxylation sites is 1. The molecule has 0 atom stereocenters. The van der Waals surface area contributed by atoms with Gasteiger partial charge in [-0.2, -0.15) is 0 Å². The molecule has 0 unspecified atom stereocenters. The summed E-state index contributed by atoms with van der Waals surface area (Å²) in [4.78, 5) is 27.3. The maximum Gasteiger partial charge on any atom is 0.255 e. The van der Waals surface area contributed by atoms with Crippen molar-refractivity contribution in [1.29, 1.82) is 0 Å². The molecule has 0 radical (unpaired) electrons. The topological polar surface area (TPSA) is 70.7 Å². The predicted octanol–water partition coefficient (Wildman–Crippen LogP) is 2.76. The van der Waals surface area contributed by atoms with E-state index < -0.39 is 0 Å². The van der Waals surface area contributed by atoms with Crippen LogP contribution in [0.15, 0.2) is 53.0 Å². The van der Waals surface area contributed by atoms with Gasteiger partial charge in [-0.05, 0) is 30.3 Å². The van der Waals surface area contributed by atoms with Crippen molar-refractivity contribution < 1.29 is 14.3 Å². The molecule has 6 nitrogen and oxygen atoms in total. The van der Waals surface area contributed by atoms with E-state index in [1.807, 2.05) is 6.07 Å². The van der Waals surface area contributed by atoms with Crippen molar-refractivity contribution in [3.05, 3.63) is 64.1 Å². The molecule has 1 fully saturated rings. The lowest BCUT2D eigenvalue weighted by Crippen LogP contribution is -2.41. The van der Waals surface area contributed by atoms with Crippen molar-refractivity contribution in [1.82, 2.24) is 10.2 Å². The van der Waals surface area contributed by atoms with E-state index in [1.165, 1.54) is 0 Å². The lowest BCUT2D eigenvalue weighted by atomic mass is 10.1. The van der Waals surface area contributed by atoms with Gasteiger partial charge < -0.3 is 15.4 Å². The molecule has 0 saturated carbocycles. The van der Waals surface area contributed by atoms with Gasteiger partial charge in [0.15, 0.2) is 0 Å². The Morgan fingerprint density at radius 1 is 1.04 bits per heavy atom. The molecule has 1 heterocycles. The van der Waals surface area contributed by atoms with Crippen LogP contribution in [0.2, 0.25) is 0 Å². The van der Waals surface area contributed by atoms with E-state index in [-0.39, 0.29) is 11.8 Å². The number of ether oxygens (including phenoxy) is 1. The number of halogens is 1. The molecule has 2 aromatic carbocycles. The lowest BCUT2D eigenvalue weighted by Gasteiger charge is -2.26. The highest BCUT2D eigenvalue weighted by Gasteiger charge is 2.15. The van der Waals surface area contributed by atoms with Gasteiger partial charge in [-0.1, -0.05) is 34.1 Å². The Hall–Kier alpha value is -2.22. The van der Waals surface area contributed by atoms with Crippen LogP contribution in [0.5, 0.6) is 0 Å². The number of hydrogen-bond donors (Lipinski definition) is 2. The summed E-state index contributed by atoms with van der Waals surface area (Å²) in [7, 11) is 0.